The minimum absolute atomic E-state index is 0.278. The van der Waals surface area contributed by atoms with Crippen molar-refractivity contribution in [3.63, 3.8) is 0 Å². The lowest BCUT2D eigenvalue weighted by molar-refractivity contribution is 0.635. The molecule has 0 fully saturated rings. The van der Waals surface area contributed by atoms with Crippen LogP contribution in [0.3, 0.4) is 0 Å². The van der Waals surface area contributed by atoms with Gasteiger partial charge in [-0.15, -0.1) is 4.91 Å². The molecule has 0 saturated carbocycles. The summed E-state index contributed by atoms with van der Waals surface area (Å²) in [7, 11) is 0. The van der Waals surface area contributed by atoms with E-state index in [2.05, 4.69) is 21.1 Å². The summed E-state index contributed by atoms with van der Waals surface area (Å²) in [5.74, 6) is -0.335. The zero-order valence-electron chi connectivity index (χ0n) is 12.8. The SMILES string of the molecule is Cc1cc2c(cc1Br)c1cccc(F)c1n2-c1ccccc1N=O. The molecular weight excluding hydrogens is 371 g/mol. The molecule has 24 heavy (non-hydrogen) atoms. The predicted molar refractivity (Wildman–Crippen MR) is 98.6 cm³/mol. The monoisotopic (exact) mass is 382 g/mol. The highest BCUT2D eigenvalue weighted by Crippen LogP contribution is 2.38. The molecule has 0 unspecified atom stereocenters. The summed E-state index contributed by atoms with van der Waals surface area (Å²) in [5, 5.41) is 4.82. The van der Waals surface area contributed by atoms with E-state index in [-0.39, 0.29) is 11.5 Å². The number of para-hydroxylation sites is 2. The molecule has 4 aromatic rings. The molecule has 0 aliphatic heterocycles. The van der Waals surface area contributed by atoms with Gasteiger partial charge in [-0.3, -0.25) is 0 Å². The summed E-state index contributed by atoms with van der Waals surface area (Å²) < 4.78 is 17.4. The van der Waals surface area contributed by atoms with Gasteiger partial charge in [0.2, 0.25) is 0 Å². The maximum atomic E-state index is 14.7. The van der Waals surface area contributed by atoms with E-state index in [1.54, 1.807) is 28.8 Å². The molecule has 1 aromatic heterocycles. The van der Waals surface area contributed by atoms with E-state index in [1.807, 2.05) is 31.2 Å². The summed E-state index contributed by atoms with van der Waals surface area (Å²) in [6.45, 7) is 1.98. The Morgan fingerprint density at radius 3 is 2.62 bits per heavy atom. The maximum absolute atomic E-state index is 14.7. The molecule has 0 amide bonds. The topological polar surface area (TPSA) is 34.4 Å². The lowest BCUT2D eigenvalue weighted by Crippen LogP contribution is -1.96. The van der Waals surface area contributed by atoms with E-state index in [0.29, 0.717) is 11.2 Å². The van der Waals surface area contributed by atoms with Crippen molar-refractivity contribution in [2.45, 2.75) is 6.92 Å². The van der Waals surface area contributed by atoms with Gasteiger partial charge < -0.3 is 4.57 Å². The quantitative estimate of drug-likeness (QED) is 0.369. The molecule has 1 heterocycles. The van der Waals surface area contributed by atoms with Crippen LogP contribution in [0.1, 0.15) is 5.56 Å². The second-order valence-corrected chi connectivity index (χ2v) is 6.52. The molecule has 5 heteroatoms. The molecule has 0 saturated heterocycles. The molecule has 4 rings (SSSR count). The smallest absolute Gasteiger partial charge is 0.147 e. The Balaban J connectivity index is 2.28. The average molecular weight is 383 g/mol. The number of aromatic nitrogens is 1. The number of fused-ring (bicyclic) bond motifs is 3. The number of benzene rings is 3. The number of aryl methyl sites for hydroxylation is 1. The Hall–Kier alpha value is -2.53. The first-order chi connectivity index (χ1) is 11.6. The second kappa shape index (κ2) is 5.53. The standard InChI is InChI=1S/C19H12BrFN2O/c1-11-9-18-13(10-14(11)20)12-5-4-6-15(21)19(12)23(18)17-8-3-2-7-16(17)22-24/h2-10H,1H3. The van der Waals surface area contributed by atoms with Gasteiger partial charge in [0.15, 0.2) is 0 Å². The van der Waals surface area contributed by atoms with Crippen LogP contribution in [0.5, 0.6) is 0 Å². The highest BCUT2D eigenvalue weighted by molar-refractivity contribution is 9.10. The van der Waals surface area contributed by atoms with Gasteiger partial charge in [0.1, 0.15) is 11.5 Å². The van der Waals surface area contributed by atoms with Gasteiger partial charge in [0.05, 0.1) is 16.7 Å². The maximum Gasteiger partial charge on any atom is 0.147 e. The summed E-state index contributed by atoms with van der Waals surface area (Å²) in [6.07, 6.45) is 0. The van der Waals surface area contributed by atoms with Crippen LogP contribution in [-0.4, -0.2) is 4.57 Å². The number of nitrogens with zero attached hydrogens (tertiary/aromatic N) is 2. The fourth-order valence-corrected chi connectivity index (χ4v) is 3.47. The third kappa shape index (κ3) is 2.08. The Labute approximate surface area is 145 Å². The Bertz CT molecular complexity index is 1120. The van der Waals surface area contributed by atoms with Crippen molar-refractivity contribution in [2.24, 2.45) is 5.18 Å². The fraction of sp³-hybridized carbons (Fsp3) is 0.0526. The number of hydrogen-bond acceptors (Lipinski definition) is 2. The molecule has 0 N–H and O–H groups in total. The highest BCUT2D eigenvalue weighted by atomic mass is 79.9. The van der Waals surface area contributed by atoms with Crippen LogP contribution in [0.25, 0.3) is 27.5 Å². The van der Waals surface area contributed by atoms with Gasteiger partial charge in [0, 0.05) is 15.2 Å². The third-order valence-corrected chi connectivity index (χ3v) is 5.09. The van der Waals surface area contributed by atoms with Crippen molar-refractivity contribution < 1.29 is 4.39 Å². The van der Waals surface area contributed by atoms with Gasteiger partial charge in [-0.2, -0.15) is 0 Å². The van der Waals surface area contributed by atoms with Crippen molar-refractivity contribution in [1.82, 2.24) is 4.57 Å². The molecule has 3 aromatic carbocycles. The first-order valence-corrected chi connectivity index (χ1v) is 8.22. The first-order valence-electron chi connectivity index (χ1n) is 7.43. The molecule has 3 nitrogen and oxygen atoms in total. The van der Waals surface area contributed by atoms with Crippen LogP contribution in [0.15, 0.2) is 64.2 Å². The third-order valence-electron chi connectivity index (χ3n) is 4.24. The molecule has 0 bridgehead atoms. The Kier molecular flexibility index (Phi) is 3.46. The van der Waals surface area contributed by atoms with E-state index >= 15 is 0 Å². The van der Waals surface area contributed by atoms with Crippen molar-refractivity contribution in [1.29, 1.82) is 0 Å². The van der Waals surface area contributed by atoms with Crippen molar-refractivity contribution in [3.05, 3.63) is 75.4 Å². The molecule has 0 spiro atoms. The Morgan fingerprint density at radius 2 is 1.83 bits per heavy atom. The largest absolute Gasteiger partial charge is 0.304 e. The zero-order valence-corrected chi connectivity index (χ0v) is 14.3. The summed E-state index contributed by atoms with van der Waals surface area (Å²) in [6, 6.07) is 15.9. The van der Waals surface area contributed by atoms with E-state index in [4.69, 9.17) is 0 Å². The van der Waals surface area contributed by atoms with Gasteiger partial charge in [-0.05, 0) is 48.0 Å². The number of halogens is 2. The van der Waals surface area contributed by atoms with Crippen LogP contribution in [-0.2, 0) is 0 Å². The van der Waals surface area contributed by atoms with Crippen LogP contribution < -0.4 is 0 Å². The van der Waals surface area contributed by atoms with Crippen LogP contribution in [0, 0.1) is 17.6 Å². The highest BCUT2D eigenvalue weighted by Gasteiger charge is 2.18. The van der Waals surface area contributed by atoms with Crippen LogP contribution in [0.4, 0.5) is 10.1 Å². The van der Waals surface area contributed by atoms with Crippen molar-refractivity contribution in [2.75, 3.05) is 0 Å². The summed E-state index contributed by atoms with van der Waals surface area (Å²) in [4.78, 5) is 11.2. The molecule has 0 aliphatic carbocycles. The van der Waals surface area contributed by atoms with E-state index < -0.39 is 0 Å². The summed E-state index contributed by atoms with van der Waals surface area (Å²) >= 11 is 3.54. The second-order valence-electron chi connectivity index (χ2n) is 5.67. The molecule has 0 radical (unpaired) electrons. The number of hydrogen-bond donors (Lipinski definition) is 0. The predicted octanol–water partition coefficient (Wildman–Crippen LogP) is 6.39. The van der Waals surface area contributed by atoms with Crippen molar-refractivity contribution >= 4 is 43.4 Å². The lowest BCUT2D eigenvalue weighted by atomic mass is 10.1. The van der Waals surface area contributed by atoms with E-state index in [0.717, 1.165) is 26.3 Å². The van der Waals surface area contributed by atoms with Gasteiger partial charge in [0.25, 0.3) is 0 Å². The molecule has 118 valence electrons. The van der Waals surface area contributed by atoms with Gasteiger partial charge in [-0.1, -0.05) is 40.2 Å². The minimum atomic E-state index is -0.335. The molecule has 0 aliphatic rings. The van der Waals surface area contributed by atoms with E-state index in [9.17, 15) is 9.30 Å². The van der Waals surface area contributed by atoms with E-state index in [1.165, 1.54) is 6.07 Å². The van der Waals surface area contributed by atoms with Crippen LogP contribution >= 0.6 is 15.9 Å². The Morgan fingerprint density at radius 1 is 1.04 bits per heavy atom. The summed E-state index contributed by atoms with van der Waals surface area (Å²) in [5.41, 5.74) is 3.16. The molecule has 0 atom stereocenters. The van der Waals surface area contributed by atoms with Crippen molar-refractivity contribution in [3.8, 4) is 5.69 Å². The normalized spacial score (nSPS) is 11.3. The zero-order chi connectivity index (χ0) is 16.8. The first kappa shape index (κ1) is 15.0. The van der Waals surface area contributed by atoms with Gasteiger partial charge >= 0.3 is 0 Å². The van der Waals surface area contributed by atoms with Crippen LogP contribution in [0.2, 0.25) is 0 Å². The minimum Gasteiger partial charge on any atom is -0.304 e. The molecular formula is C19H12BrFN2O. The number of nitroso groups, excluding NO2 is 1. The number of rotatable bonds is 2. The average Bonchev–Trinajstić information content (AvgIpc) is 2.90. The van der Waals surface area contributed by atoms with Gasteiger partial charge in [-0.25, -0.2) is 4.39 Å². The lowest BCUT2D eigenvalue weighted by Gasteiger charge is -2.10. The fourth-order valence-electron chi connectivity index (χ4n) is 3.13.